The molecule has 1 atom stereocenters. The largest absolute Gasteiger partial charge is 0.454 e. The van der Waals surface area contributed by atoms with E-state index in [0.717, 1.165) is 48.8 Å². The molecule has 0 radical (unpaired) electrons. The lowest BCUT2D eigenvalue weighted by Crippen LogP contribution is -2.41. The number of hydrogen-bond acceptors (Lipinski definition) is 5. The van der Waals surface area contributed by atoms with Crippen LogP contribution in [-0.4, -0.2) is 45.8 Å². The molecule has 5 rings (SSSR count). The van der Waals surface area contributed by atoms with Crippen LogP contribution in [0.2, 0.25) is 0 Å². The minimum atomic E-state index is 0.206. The van der Waals surface area contributed by atoms with Gasteiger partial charge in [-0.1, -0.05) is 36.8 Å². The van der Waals surface area contributed by atoms with Crippen molar-refractivity contribution in [1.82, 2.24) is 14.7 Å². The summed E-state index contributed by atoms with van der Waals surface area (Å²) in [5.41, 5.74) is 4.38. The number of aromatic nitrogens is 2. The molecule has 2 aromatic carbocycles. The molecule has 0 spiro atoms. The molecule has 3 aromatic rings. The molecule has 6 nitrogen and oxygen atoms in total. The third kappa shape index (κ3) is 3.93. The van der Waals surface area contributed by atoms with Crippen LogP contribution in [0.25, 0.3) is 11.3 Å². The van der Waals surface area contributed by atoms with E-state index in [1.54, 1.807) is 0 Å². The Hall–Kier alpha value is -2.83. The van der Waals surface area contributed by atoms with Crippen molar-refractivity contribution >= 4 is 0 Å². The van der Waals surface area contributed by atoms with E-state index in [-0.39, 0.29) is 19.4 Å². The first-order chi connectivity index (χ1) is 14.8. The summed E-state index contributed by atoms with van der Waals surface area (Å²) in [6, 6.07) is 16.6. The normalized spacial score (nSPS) is 18.6. The van der Waals surface area contributed by atoms with E-state index in [9.17, 15) is 5.11 Å². The van der Waals surface area contributed by atoms with Crippen LogP contribution in [-0.2, 0) is 13.1 Å². The summed E-state index contributed by atoms with van der Waals surface area (Å²) in [5, 5.41) is 14.8. The quantitative estimate of drug-likeness (QED) is 0.678. The lowest BCUT2D eigenvalue weighted by molar-refractivity contribution is 0.0842. The van der Waals surface area contributed by atoms with Gasteiger partial charge in [-0.15, -0.1) is 0 Å². The van der Waals surface area contributed by atoms with Crippen LogP contribution in [0.4, 0.5) is 0 Å². The number of aliphatic hydroxyl groups is 1. The SMILES string of the molecule is OC[C@H]1CCCCN1Cc1cn(Cc2ccccc2)nc1-c1ccc2c(c1)OCO2. The third-order valence-corrected chi connectivity index (χ3v) is 6.00. The van der Waals surface area contributed by atoms with Crippen LogP contribution in [0.5, 0.6) is 11.5 Å². The lowest BCUT2D eigenvalue weighted by Gasteiger charge is -2.34. The fraction of sp³-hybridized carbons (Fsp3) is 0.375. The Labute approximate surface area is 176 Å². The molecule has 0 unspecified atom stereocenters. The minimum Gasteiger partial charge on any atom is -0.454 e. The zero-order chi connectivity index (χ0) is 20.3. The van der Waals surface area contributed by atoms with Crippen LogP contribution in [0, 0.1) is 0 Å². The number of piperidine rings is 1. The molecule has 0 saturated carbocycles. The van der Waals surface area contributed by atoms with Crippen LogP contribution in [0.1, 0.15) is 30.4 Å². The highest BCUT2D eigenvalue weighted by atomic mass is 16.7. The van der Waals surface area contributed by atoms with Crippen molar-refractivity contribution in [3.05, 3.63) is 65.9 Å². The number of benzene rings is 2. The predicted molar refractivity (Wildman–Crippen MR) is 114 cm³/mol. The van der Waals surface area contributed by atoms with E-state index in [4.69, 9.17) is 14.6 Å². The average Bonchev–Trinajstić information content (AvgIpc) is 3.41. The minimum absolute atomic E-state index is 0.206. The molecule has 2 aliphatic rings. The molecule has 2 aliphatic heterocycles. The summed E-state index contributed by atoms with van der Waals surface area (Å²) in [7, 11) is 0. The second-order valence-electron chi connectivity index (χ2n) is 8.06. The van der Waals surface area contributed by atoms with Gasteiger partial charge < -0.3 is 14.6 Å². The Kier molecular flexibility index (Phi) is 5.43. The molecule has 1 fully saturated rings. The van der Waals surface area contributed by atoms with Crippen molar-refractivity contribution in [3.8, 4) is 22.8 Å². The summed E-state index contributed by atoms with van der Waals surface area (Å²) in [4.78, 5) is 2.39. The number of nitrogens with zero attached hydrogens (tertiary/aromatic N) is 3. The predicted octanol–water partition coefficient (Wildman–Crippen LogP) is 3.67. The van der Waals surface area contributed by atoms with Crippen LogP contribution >= 0.6 is 0 Å². The second-order valence-corrected chi connectivity index (χ2v) is 8.06. The van der Waals surface area contributed by atoms with E-state index in [0.29, 0.717) is 0 Å². The molecule has 0 aliphatic carbocycles. The molecular formula is C24H27N3O3. The highest BCUT2D eigenvalue weighted by Crippen LogP contribution is 2.37. The maximum absolute atomic E-state index is 9.84. The van der Waals surface area contributed by atoms with E-state index in [2.05, 4.69) is 35.4 Å². The smallest absolute Gasteiger partial charge is 0.231 e. The van der Waals surface area contributed by atoms with Crippen molar-refractivity contribution in [3.63, 3.8) is 0 Å². The lowest BCUT2D eigenvalue weighted by atomic mass is 10.0. The van der Waals surface area contributed by atoms with Crippen molar-refractivity contribution in [1.29, 1.82) is 0 Å². The maximum Gasteiger partial charge on any atom is 0.231 e. The number of rotatable bonds is 6. The molecule has 30 heavy (non-hydrogen) atoms. The van der Waals surface area contributed by atoms with Gasteiger partial charge in [0.2, 0.25) is 6.79 Å². The van der Waals surface area contributed by atoms with Gasteiger partial charge >= 0.3 is 0 Å². The van der Waals surface area contributed by atoms with Crippen LogP contribution in [0.15, 0.2) is 54.7 Å². The molecule has 156 valence electrons. The molecule has 1 N–H and O–H groups in total. The summed E-state index contributed by atoms with van der Waals surface area (Å²) in [5.74, 6) is 1.54. The molecule has 3 heterocycles. The number of aliphatic hydroxyl groups excluding tert-OH is 1. The van der Waals surface area contributed by atoms with Gasteiger partial charge in [0.05, 0.1) is 18.8 Å². The molecule has 0 amide bonds. The monoisotopic (exact) mass is 405 g/mol. The Balaban J connectivity index is 1.48. The zero-order valence-electron chi connectivity index (χ0n) is 17.0. The molecular weight excluding hydrogens is 378 g/mol. The van der Waals surface area contributed by atoms with Crippen molar-refractivity contribution in [2.75, 3.05) is 19.9 Å². The second kappa shape index (κ2) is 8.50. The van der Waals surface area contributed by atoms with E-state index in [1.807, 2.05) is 28.9 Å². The summed E-state index contributed by atoms with van der Waals surface area (Å²) in [6.07, 6.45) is 5.56. The van der Waals surface area contributed by atoms with Gasteiger partial charge in [-0.05, 0) is 43.1 Å². The first kappa shape index (κ1) is 19.2. The molecule has 1 aromatic heterocycles. The maximum atomic E-state index is 9.84. The molecule has 6 heteroatoms. The van der Waals surface area contributed by atoms with Crippen molar-refractivity contribution in [2.45, 2.75) is 38.4 Å². The number of likely N-dealkylation sites (tertiary alicyclic amines) is 1. The Morgan fingerprint density at radius 3 is 2.73 bits per heavy atom. The highest BCUT2D eigenvalue weighted by Gasteiger charge is 2.24. The van der Waals surface area contributed by atoms with Gasteiger partial charge in [-0.25, -0.2) is 0 Å². The van der Waals surface area contributed by atoms with Crippen molar-refractivity contribution < 1.29 is 14.6 Å². The number of ether oxygens (including phenoxy) is 2. The first-order valence-corrected chi connectivity index (χ1v) is 10.7. The summed E-state index contributed by atoms with van der Waals surface area (Å²) in [6.45, 7) is 2.98. The fourth-order valence-electron chi connectivity index (χ4n) is 4.41. The topological polar surface area (TPSA) is 59.8 Å². The van der Waals surface area contributed by atoms with Gasteiger partial charge in [-0.2, -0.15) is 5.10 Å². The standard InChI is InChI=1S/C24H27N3O3/c28-16-21-8-4-5-11-26(21)14-20-15-27(13-18-6-2-1-3-7-18)25-24(20)19-9-10-22-23(12-19)30-17-29-22/h1-3,6-7,9-10,12,15,21,28H,4-5,8,11,13-14,16-17H2/t21-/m1/s1. The van der Waals surface area contributed by atoms with Crippen molar-refractivity contribution in [2.24, 2.45) is 0 Å². The first-order valence-electron chi connectivity index (χ1n) is 10.7. The van der Waals surface area contributed by atoms with Gasteiger partial charge in [0.15, 0.2) is 11.5 Å². The van der Waals surface area contributed by atoms with Gasteiger partial charge in [0, 0.05) is 29.9 Å². The highest BCUT2D eigenvalue weighted by molar-refractivity contribution is 5.67. The van der Waals surface area contributed by atoms with E-state index < -0.39 is 0 Å². The Morgan fingerprint density at radius 1 is 1.00 bits per heavy atom. The average molecular weight is 405 g/mol. The molecule has 1 saturated heterocycles. The Morgan fingerprint density at radius 2 is 1.87 bits per heavy atom. The fourth-order valence-corrected chi connectivity index (χ4v) is 4.41. The van der Waals surface area contributed by atoms with Crippen LogP contribution in [0.3, 0.4) is 0 Å². The summed E-state index contributed by atoms with van der Waals surface area (Å²) < 4.78 is 13.1. The van der Waals surface area contributed by atoms with Gasteiger partial charge in [0.1, 0.15) is 0 Å². The number of hydrogen-bond donors (Lipinski definition) is 1. The summed E-state index contributed by atoms with van der Waals surface area (Å²) >= 11 is 0. The zero-order valence-corrected chi connectivity index (χ0v) is 17.0. The number of fused-ring (bicyclic) bond motifs is 1. The van der Waals surface area contributed by atoms with E-state index >= 15 is 0 Å². The van der Waals surface area contributed by atoms with Gasteiger partial charge in [0.25, 0.3) is 0 Å². The van der Waals surface area contributed by atoms with Crippen LogP contribution < -0.4 is 9.47 Å². The third-order valence-electron chi connectivity index (χ3n) is 6.00. The Bertz CT molecular complexity index is 1000. The van der Waals surface area contributed by atoms with Gasteiger partial charge in [-0.3, -0.25) is 9.58 Å². The molecule has 0 bridgehead atoms. The van der Waals surface area contributed by atoms with E-state index in [1.165, 1.54) is 24.0 Å².